The highest BCUT2D eigenvalue weighted by atomic mass is 16.5. The Hall–Kier alpha value is -0.0800. The molecule has 14 heavy (non-hydrogen) atoms. The van der Waals surface area contributed by atoms with Crippen molar-refractivity contribution in [3.05, 3.63) is 0 Å². The molecule has 0 rings (SSSR count). The second-order valence-electron chi connectivity index (χ2n) is 3.81. The Kier molecular flexibility index (Phi) is 12.8. The maximum absolute atomic E-state index is 8.57. The summed E-state index contributed by atoms with van der Waals surface area (Å²) in [5, 5.41) is 8.57. The molecular weight excluding hydrogens is 176 g/mol. The van der Waals surface area contributed by atoms with Gasteiger partial charge in [0.2, 0.25) is 0 Å². The van der Waals surface area contributed by atoms with E-state index < -0.39 is 0 Å². The Balaban J connectivity index is 2.78. The minimum Gasteiger partial charge on any atom is -0.396 e. The van der Waals surface area contributed by atoms with E-state index in [1.54, 1.807) is 0 Å². The molecule has 2 heteroatoms. The van der Waals surface area contributed by atoms with E-state index in [1.165, 1.54) is 38.5 Å². The van der Waals surface area contributed by atoms with Gasteiger partial charge < -0.3 is 9.84 Å². The molecule has 0 bridgehead atoms. The largest absolute Gasteiger partial charge is 0.396 e. The fraction of sp³-hybridized carbons (Fsp3) is 1.00. The summed E-state index contributed by atoms with van der Waals surface area (Å²) in [7, 11) is 0. The molecule has 0 fully saturated rings. The van der Waals surface area contributed by atoms with E-state index in [9.17, 15) is 0 Å². The molecule has 0 saturated heterocycles. The number of aliphatic hydroxyl groups excluding tert-OH is 1. The van der Waals surface area contributed by atoms with Crippen LogP contribution in [0.4, 0.5) is 0 Å². The molecule has 1 N–H and O–H groups in total. The summed E-state index contributed by atoms with van der Waals surface area (Å²) in [6.45, 7) is 4.34. The van der Waals surface area contributed by atoms with Crippen LogP contribution in [0.3, 0.4) is 0 Å². The van der Waals surface area contributed by atoms with Crippen LogP contribution in [-0.2, 0) is 4.74 Å². The van der Waals surface area contributed by atoms with Crippen LogP contribution >= 0.6 is 0 Å². The molecule has 0 heterocycles. The van der Waals surface area contributed by atoms with Gasteiger partial charge in [0.1, 0.15) is 0 Å². The third-order valence-electron chi connectivity index (χ3n) is 2.30. The zero-order chi connectivity index (χ0) is 10.5. The third kappa shape index (κ3) is 11.9. The maximum atomic E-state index is 8.57. The van der Waals surface area contributed by atoms with Crippen molar-refractivity contribution in [2.45, 2.75) is 58.3 Å². The van der Waals surface area contributed by atoms with Crippen LogP contribution in [0, 0.1) is 0 Å². The lowest BCUT2D eigenvalue weighted by molar-refractivity contribution is 0.130. The van der Waals surface area contributed by atoms with E-state index in [1.807, 2.05) is 0 Å². The molecule has 0 aliphatic rings. The second kappa shape index (κ2) is 12.9. The van der Waals surface area contributed by atoms with Gasteiger partial charge in [-0.15, -0.1) is 0 Å². The quantitative estimate of drug-likeness (QED) is 0.522. The first-order valence-electron chi connectivity index (χ1n) is 6.10. The average Bonchev–Trinajstić information content (AvgIpc) is 2.21. The molecule has 0 aromatic heterocycles. The molecule has 0 radical (unpaired) electrons. The summed E-state index contributed by atoms with van der Waals surface area (Å²) in [4.78, 5) is 0. The number of hydrogen-bond donors (Lipinski definition) is 1. The molecule has 86 valence electrons. The number of rotatable bonds is 11. The lowest BCUT2D eigenvalue weighted by atomic mass is 10.1. The lowest BCUT2D eigenvalue weighted by Crippen LogP contribution is -1.95. The number of ether oxygens (including phenoxy) is 1. The molecule has 0 unspecified atom stereocenters. The van der Waals surface area contributed by atoms with Gasteiger partial charge in [0.05, 0.1) is 0 Å². The summed E-state index contributed by atoms with van der Waals surface area (Å²) < 4.78 is 5.39. The van der Waals surface area contributed by atoms with Crippen LogP contribution < -0.4 is 0 Å². The predicted molar refractivity (Wildman–Crippen MR) is 60.5 cm³/mol. The van der Waals surface area contributed by atoms with Crippen LogP contribution in [0.2, 0.25) is 0 Å². The van der Waals surface area contributed by atoms with Gasteiger partial charge in [0.15, 0.2) is 0 Å². The Bertz CT molecular complexity index is 82.3. The minimum absolute atomic E-state index is 0.352. The van der Waals surface area contributed by atoms with E-state index >= 15 is 0 Å². The predicted octanol–water partition coefficient (Wildman–Crippen LogP) is 3.14. The Labute approximate surface area is 88.7 Å². The summed E-state index contributed by atoms with van der Waals surface area (Å²) in [5.74, 6) is 0. The maximum Gasteiger partial charge on any atom is 0.0466 e. The Morgan fingerprint density at radius 3 is 1.93 bits per heavy atom. The molecule has 2 nitrogen and oxygen atoms in total. The summed E-state index contributed by atoms with van der Waals surface area (Å²) in [5.41, 5.74) is 0. The van der Waals surface area contributed by atoms with Gasteiger partial charge in [-0.3, -0.25) is 0 Å². The normalized spacial score (nSPS) is 10.7. The van der Waals surface area contributed by atoms with Crippen LogP contribution in [0.5, 0.6) is 0 Å². The van der Waals surface area contributed by atoms with Crippen molar-refractivity contribution in [1.82, 2.24) is 0 Å². The van der Waals surface area contributed by atoms with E-state index in [-0.39, 0.29) is 0 Å². The molecule has 0 amide bonds. The van der Waals surface area contributed by atoms with Crippen molar-refractivity contribution < 1.29 is 9.84 Å². The van der Waals surface area contributed by atoms with Gasteiger partial charge in [0, 0.05) is 19.8 Å². The molecule has 0 saturated carbocycles. The minimum atomic E-state index is 0.352. The summed E-state index contributed by atoms with van der Waals surface area (Å²) in [6, 6.07) is 0. The highest BCUT2D eigenvalue weighted by Crippen LogP contribution is 2.06. The third-order valence-corrected chi connectivity index (χ3v) is 2.30. The summed E-state index contributed by atoms with van der Waals surface area (Å²) >= 11 is 0. The zero-order valence-corrected chi connectivity index (χ0v) is 9.63. The van der Waals surface area contributed by atoms with Crippen molar-refractivity contribution >= 4 is 0 Å². The average molecular weight is 202 g/mol. The standard InChI is InChI=1S/C12H26O2/c1-2-11-14-12-9-7-5-3-4-6-8-10-13/h13H,2-12H2,1H3. The highest BCUT2D eigenvalue weighted by Gasteiger charge is 1.91. The number of hydrogen-bond acceptors (Lipinski definition) is 2. The van der Waals surface area contributed by atoms with Gasteiger partial charge in [0.25, 0.3) is 0 Å². The molecule has 0 atom stereocenters. The Morgan fingerprint density at radius 1 is 0.786 bits per heavy atom. The van der Waals surface area contributed by atoms with E-state index in [2.05, 4.69) is 6.92 Å². The van der Waals surface area contributed by atoms with Crippen LogP contribution in [0.1, 0.15) is 58.3 Å². The van der Waals surface area contributed by atoms with Gasteiger partial charge in [-0.05, 0) is 19.3 Å². The van der Waals surface area contributed by atoms with Gasteiger partial charge in [-0.25, -0.2) is 0 Å². The van der Waals surface area contributed by atoms with Crippen molar-refractivity contribution in [3.8, 4) is 0 Å². The number of unbranched alkanes of at least 4 members (excludes halogenated alkanes) is 6. The van der Waals surface area contributed by atoms with Crippen LogP contribution in [0.25, 0.3) is 0 Å². The van der Waals surface area contributed by atoms with Crippen LogP contribution in [0.15, 0.2) is 0 Å². The van der Waals surface area contributed by atoms with E-state index in [0.717, 1.165) is 26.1 Å². The van der Waals surface area contributed by atoms with Gasteiger partial charge in [-0.1, -0.05) is 39.0 Å². The first-order valence-corrected chi connectivity index (χ1v) is 6.10. The van der Waals surface area contributed by atoms with Gasteiger partial charge in [-0.2, -0.15) is 0 Å². The molecule has 0 aromatic carbocycles. The first-order chi connectivity index (χ1) is 6.91. The molecule has 0 aromatic rings. The molecule has 0 aliphatic carbocycles. The second-order valence-corrected chi connectivity index (χ2v) is 3.81. The SMILES string of the molecule is CCCOCCCCCCCCCO. The molecule has 0 spiro atoms. The fourth-order valence-corrected chi connectivity index (χ4v) is 1.45. The zero-order valence-electron chi connectivity index (χ0n) is 9.63. The van der Waals surface area contributed by atoms with Gasteiger partial charge >= 0.3 is 0 Å². The molecular formula is C12H26O2. The molecule has 0 aliphatic heterocycles. The Morgan fingerprint density at radius 2 is 1.36 bits per heavy atom. The number of aliphatic hydroxyl groups is 1. The topological polar surface area (TPSA) is 29.5 Å². The van der Waals surface area contributed by atoms with Crippen molar-refractivity contribution in [2.75, 3.05) is 19.8 Å². The van der Waals surface area contributed by atoms with Crippen LogP contribution in [-0.4, -0.2) is 24.9 Å². The highest BCUT2D eigenvalue weighted by molar-refractivity contribution is 4.45. The summed E-state index contributed by atoms with van der Waals surface area (Å²) in [6.07, 6.45) is 9.69. The smallest absolute Gasteiger partial charge is 0.0466 e. The van der Waals surface area contributed by atoms with Crippen molar-refractivity contribution in [2.24, 2.45) is 0 Å². The fourth-order valence-electron chi connectivity index (χ4n) is 1.45. The van der Waals surface area contributed by atoms with E-state index in [4.69, 9.17) is 9.84 Å². The lowest BCUT2D eigenvalue weighted by Gasteiger charge is -2.02. The van der Waals surface area contributed by atoms with Crippen molar-refractivity contribution in [3.63, 3.8) is 0 Å². The first kappa shape index (κ1) is 13.9. The van der Waals surface area contributed by atoms with Crippen molar-refractivity contribution in [1.29, 1.82) is 0 Å². The van der Waals surface area contributed by atoms with E-state index in [0.29, 0.717) is 6.61 Å². The monoisotopic (exact) mass is 202 g/mol.